The highest BCUT2D eigenvalue weighted by Gasteiger charge is 2.20. The lowest BCUT2D eigenvalue weighted by atomic mass is 9.90. The van der Waals surface area contributed by atoms with Gasteiger partial charge in [-0.15, -0.1) is 35.3 Å². The van der Waals surface area contributed by atoms with Gasteiger partial charge < -0.3 is 10.6 Å². The van der Waals surface area contributed by atoms with Gasteiger partial charge in [-0.05, 0) is 30.2 Å². The molecule has 25 heavy (non-hydrogen) atoms. The molecule has 1 atom stereocenters. The van der Waals surface area contributed by atoms with E-state index in [0.29, 0.717) is 18.9 Å². The molecular weight excluding hydrogens is 469 g/mol. The van der Waals surface area contributed by atoms with Crippen LogP contribution in [0.2, 0.25) is 0 Å². The van der Waals surface area contributed by atoms with E-state index in [-0.39, 0.29) is 35.1 Å². The third kappa shape index (κ3) is 11.1. The average molecular weight is 502 g/mol. The fourth-order valence-electron chi connectivity index (χ4n) is 2.10. The van der Waals surface area contributed by atoms with Crippen molar-refractivity contribution < 1.29 is 8.42 Å². The minimum Gasteiger partial charge on any atom is -0.357 e. The first-order valence-electron chi connectivity index (χ1n) is 8.36. The Morgan fingerprint density at radius 1 is 1.36 bits per heavy atom. The summed E-state index contributed by atoms with van der Waals surface area (Å²) < 4.78 is 22.7. The van der Waals surface area contributed by atoms with Crippen LogP contribution in [0.25, 0.3) is 0 Å². The Morgan fingerprint density at radius 2 is 2.04 bits per heavy atom. The molecule has 146 valence electrons. The summed E-state index contributed by atoms with van der Waals surface area (Å²) in [5.41, 5.74) is -0.148. The molecule has 2 N–H and O–H groups in total. The Morgan fingerprint density at radius 3 is 2.56 bits per heavy atom. The van der Waals surface area contributed by atoms with Gasteiger partial charge in [0.05, 0.1) is 5.75 Å². The smallest absolute Gasteiger partial charge is 0.191 e. The number of sulfone groups is 1. The van der Waals surface area contributed by atoms with Gasteiger partial charge in [-0.3, -0.25) is 4.99 Å². The molecule has 1 aromatic rings. The van der Waals surface area contributed by atoms with Crippen LogP contribution in [0.15, 0.2) is 22.5 Å². The molecule has 0 bridgehead atoms. The van der Waals surface area contributed by atoms with Crippen molar-refractivity contribution >= 4 is 51.1 Å². The number of halogens is 1. The van der Waals surface area contributed by atoms with Gasteiger partial charge in [0.25, 0.3) is 0 Å². The Labute approximate surface area is 174 Å². The predicted octanol–water partition coefficient (Wildman–Crippen LogP) is 3.49. The summed E-state index contributed by atoms with van der Waals surface area (Å²) in [6, 6.07) is 4.22. The normalized spacial score (nSPS) is 13.9. The van der Waals surface area contributed by atoms with Crippen LogP contribution in [0.5, 0.6) is 0 Å². The number of thiophene rings is 1. The van der Waals surface area contributed by atoms with Gasteiger partial charge >= 0.3 is 0 Å². The molecule has 5 nitrogen and oxygen atoms in total. The highest BCUT2D eigenvalue weighted by Crippen LogP contribution is 2.22. The number of nitrogens with zero attached hydrogens (tertiary/aromatic N) is 1. The van der Waals surface area contributed by atoms with Crippen LogP contribution in [-0.2, 0) is 9.84 Å². The van der Waals surface area contributed by atoms with E-state index in [0.717, 1.165) is 19.0 Å². The molecule has 0 spiro atoms. The summed E-state index contributed by atoms with van der Waals surface area (Å²) in [6.45, 7) is 10.5. The van der Waals surface area contributed by atoms with E-state index < -0.39 is 9.84 Å². The van der Waals surface area contributed by atoms with Crippen LogP contribution in [0, 0.1) is 5.41 Å². The van der Waals surface area contributed by atoms with Gasteiger partial charge in [-0.25, -0.2) is 8.42 Å². The lowest BCUT2D eigenvalue weighted by molar-refractivity contribution is 0.365. The number of hydrogen-bond acceptors (Lipinski definition) is 4. The van der Waals surface area contributed by atoms with E-state index >= 15 is 0 Å². The fraction of sp³-hybridized carbons (Fsp3) is 0.706. The first-order chi connectivity index (χ1) is 11.1. The Bertz CT molecular complexity index is 614. The zero-order chi connectivity index (χ0) is 18.2. The maximum atomic E-state index is 11.3. The van der Waals surface area contributed by atoms with Crippen LogP contribution >= 0.6 is 35.3 Å². The molecule has 0 aromatic carbocycles. The standard InChI is InChI=1S/C17H31N3O2S2.HI/c1-6-18-16(19-12-14(2)15-8-7-10-23-15)20-13-17(3,4)9-11-24(5,21)22;/h7-8,10,14H,6,9,11-13H2,1-5H3,(H2,18,19,20);1H. The van der Waals surface area contributed by atoms with Crippen molar-refractivity contribution in [3.8, 4) is 0 Å². The lowest BCUT2D eigenvalue weighted by Crippen LogP contribution is -2.39. The van der Waals surface area contributed by atoms with Crippen molar-refractivity contribution in [2.45, 2.75) is 40.0 Å². The minimum atomic E-state index is -2.93. The molecule has 1 heterocycles. The molecule has 0 radical (unpaired) electrons. The zero-order valence-electron chi connectivity index (χ0n) is 15.8. The molecule has 0 amide bonds. The predicted molar refractivity (Wildman–Crippen MR) is 120 cm³/mol. The second-order valence-electron chi connectivity index (χ2n) is 7.04. The minimum absolute atomic E-state index is 0. The topological polar surface area (TPSA) is 70.6 Å². The Kier molecular flexibility index (Phi) is 11.2. The molecule has 0 saturated heterocycles. The van der Waals surface area contributed by atoms with Gasteiger partial charge in [0.1, 0.15) is 9.84 Å². The molecule has 1 aromatic heterocycles. The Hall–Kier alpha value is -0.350. The second kappa shape index (κ2) is 11.4. The highest BCUT2D eigenvalue weighted by molar-refractivity contribution is 14.0. The first-order valence-corrected chi connectivity index (χ1v) is 11.3. The number of guanidine groups is 1. The summed E-state index contributed by atoms with van der Waals surface area (Å²) in [6.07, 6.45) is 1.89. The quantitative estimate of drug-likeness (QED) is 0.309. The summed E-state index contributed by atoms with van der Waals surface area (Å²) in [5, 5.41) is 8.73. The van der Waals surface area contributed by atoms with Crippen molar-refractivity contribution in [3.63, 3.8) is 0 Å². The summed E-state index contributed by atoms with van der Waals surface area (Å²) in [5.74, 6) is 1.41. The van der Waals surface area contributed by atoms with E-state index in [2.05, 4.69) is 53.9 Å². The van der Waals surface area contributed by atoms with Gasteiger partial charge in [0.15, 0.2) is 5.96 Å². The lowest BCUT2D eigenvalue weighted by Gasteiger charge is -2.23. The second-order valence-corrected chi connectivity index (χ2v) is 10.3. The maximum Gasteiger partial charge on any atom is 0.191 e. The van der Waals surface area contributed by atoms with Crippen molar-refractivity contribution in [2.75, 3.05) is 31.6 Å². The molecular formula is C17H32IN3O2S2. The molecule has 0 aliphatic heterocycles. The van der Waals surface area contributed by atoms with E-state index in [4.69, 9.17) is 0 Å². The number of hydrogen-bond donors (Lipinski definition) is 2. The zero-order valence-corrected chi connectivity index (χ0v) is 19.8. The summed E-state index contributed by atoms with van der Waals surface area (Å²) in [4.78, 5) is 6.00. The number of rotatable bonds is 9. The molecule has 8 heteroatoms. The molecule has 0 saturated carbocycles. The van der Waals surface area contributed by atoms with Gasteiger partial charge in [-0.1, -0.05) is 26.8 Å². The average Bonchev–Trinajstić information content (AvgIpc) is 3.02. The Balaban J connectivity index is 0.00000576. The maximum absolute atomic E-state index is 11.3. The number of nitrogens with one attached hydrogen (secondary N) is 2. The SMILES string of the molecule is CCNC(=NCC(C)(C)CCS(C)(=O)=O)NCC(C)c1cccs1.I. The molecule has 0 aliphatic carbocycles. The van der Waals surface area contributed by atoms with Crippen LogP contribution in [0.1, 0.15) is 44.9 Å². The van der Waals surface area contributed by atoms with Crippen molar-refractivity contribution in [1.29, 1.82) is 0 Å². The van der Waals surface area contributed by atoms with Crippen LogP contribution in [-0.4, -0.2) is 46.0 Å². The molecule has 1 rings (SSSR count). The third-order valence-electron chi connectivity index (χ3n) is 3.76. The van der Waals surface area contributed by atoms with Crippen LogP contribution in [0.3, 0.4) is 0 Å². The summed E-state index contributed by atoms with van der Waals surface area (Å²) >= 11 is 1.77. The van der Waals surface area contributed by atoms with Gasteiger partial charge in [0, 0.05) is 36.7 Å². The molecule has 0 aliphatic rings. The van der Waals surface area contributed by atoms with Crippen molar-refractivity contribution in [1.82, 2.24) is 10.6 Å². The van der Waals surface area contributed by atoms with Gasteiger partial charge in [0.2, 0.25) is 0 Å². The largest absolute Gasteiger partial charge is 0.357 e. The molecule has 1 unspecified atom stereocenters. The molecule has 0 fully saturated rings. The first kappa shape index (κ1) is 24.7. The van der Waals surface area contributed by atoms with Crippen LogP contribution < -0.4 is 10.6 Å². The third-order valence-corrected chi connectivity index (χ3v) is 5.81. The van der Waals surface area contributed by atoms with Crippen molar-refractivity contribution in [3.05, 3.63) is 22.4 Å². The van der Waals surface area contributed by atoms with E-state index in [1.807, 2.05) is 6.92 Å². The monoisotopic (exact) mass is 501 g/mol. The van der Waals surface area contributed by atoms with E-state index in [1.165, 1.54) is 11.1 Å². The van der Waals surface area contributed by atoms with Crippen LogP contribution in [0.4, 0.5) is 0 Å². The van der Waals surface area contributed by atoms with E-state index in [1.54, 1.807) is 11.3 Å². The fourth-order valence-corrected chi connectivity index (χ4v) is 3.81. The van der Waals surface area contributed by atoms with E-state index in [9.17, 15) is 8.42 Å². The van der Waals surface area contributed by atoms with Crippen molar-refractivity contribution in [2.24, 2.45) is 10.4 Å². The number of aliphatic imine (C=N–C) groups is 1. The summed E-state index contributed by atoms with van der Waals surface area (Å²) in [7, 11) is -2.93. The highest BCUT2D eigenvalue weighted by atomic mass is 127. The van der Waals surface area contributed by atoms with Gasteiger partial charge in [-0.2, -0.15) is 0 Å².